The lowest BCUT2D eigenvalue weighted by atomic mass is 9.85. The molecule has 3 rings (SSSR count). The van der Waals surface area contributed by atoms with Gasteiger partial charge in [0.15, 0.2) is 0 Å². The molecule has 0 aromatic heterocycles. The average Bonchev–Trinajstić information content (AvgIpc) is 2.50. The third-order valence-corrected chi connectivity index (χ3v) is 4.67. The highest BCUT2D eigenvalue weighted by Gasteiger charge is 2.14. The number of piperazine rings is 1. The van der Waals surface area contributed by atoms with E-state index in [0.717, 1.165) is 32.1 Å². The molecular weight excluding hydrogens is 232 g/mol. The van der Waals surface area contributed by atoms with Crippen molar-refractivity contribution >= 4 is 5.69 Å². The van der Waals surface area contributed by atoms with Gasteiger partial charge in [0.25, 0.3) is 0 Å². The van der Waals surface area contributed by atoms with Crippen LogP contribution in [0.1, 0.15) is 37.7 Å². The third-order valence-electron chi connectivity index (χ3n) is 4.67. The molecule has 1 N–H and O–H groups in total. The molecule has 1 aromatic carbocycles. The van der Waals surface area contributed by atoms with Gasteiger partial charge in [0.1, 0.15) is 0 Å². The zero-order chi connectivity index (χ0) is 12.9. The fourth-order valence-electron chi connectivity index (χ4n) is 3.49. The number of hydrogen-bond acceptors (Lipinski definition) is 2. The van der Waals surface area contributed by atoms with Crippen LogP contribution in [0.15, 0.2) is 24.3 Å². The van der Waals surface area contributed by atoms with Crippen molar-refractivity contribution in [1.82, 2.24) is 5.32 Å². The molecule has 1 heterocycles. The van der Waals surface area contributed by atoms with E-state index < -0.39 is 0 Å². The molecule has 1 aliphatic heterocycles. The molecule has 2 aliphatic rings. The fourth-order valence-corrected chi connectivity index (χ4v) is 3.49. The Bertz CT molecular complexity index is 373. The molecule has 2 fully saturated rings. The van der Waals surface area contributed by atoms with E-state index >= 15 is 0 Å². The summed E-state index contributed by atoms with van der Waals surface area (Å²) in [6.07, 6.45) is 8.53. The molecule has 1 saturated carbocycles. The van der Waals surface area contributed by atoms with E-state index in [-0.39, 0.29) is 0 Å². The number of anilines is 1. The molecule has 2 heteroatoms. The second kappa shape index (κ2) is 6.42. The van der Waals surface area contributed by atoms with E-state index in [1.807, 2.05) is 0 Å². The first kappa shape index (κ1) is 13.0. The summed E-state index contributed by atoms with van der Waals surface area (Å²) in [7, 11) is 0. The van der Waals surface area contributed by atoms with Crippen LogP contribution in [-0.2, 0) is 6.42 Å². The van der Waals surface area contributed by atoms with Crippen LogP contribution in [0.3, 0.4) is 0 Å². The van der Waals surface area contributed by atoms with Gasteiger partial charge in [-0.15, -0.1) is 0 Å². The van der Waals surface area contributed by atoms with Gasteiger partial charge in [-0.2, -0.15) is 0 Å². The molecule has 0 spiro atoms. The van der Waals surface area contributed by atoms with Crippen molar-refractivity contribution in [2.24, 2.45) is 5.92 Å². The Morgan fingerprint density at radius 1 is 0.947 bits per heavy atom. The Balaban J connectivity index is 1.58. The van der Waals surface area contributed by atoms with E-state index in [1.165, 1.54) is 49.8 Å². The maximum Gasteiger partial charge on any atom is 0.0367 e. The van der Waals surface area contributed by atoms with Crippen LogP contribution >= 0.6 is 0 Å². The maximum atomic E-state index is 3.41. The Hall–Kier alpha value is -1.02. The van der Waals surface area contributed by atoms with Gasteiger partial charge in [0, 0.05) is 31.9 Å². The van der Waals surface area contributed by atoms with E-state index in [2.05, 4.69) is 34.5 Å². The van der Waals surface area contributed by atoms with E-state index in [9.17, 15) is 0 Å². The summed E-state index contributed by atoms with van der Waals surface area (Å²) in [5, 5.41) is 3.41. The predicted octanol–water partition coefficient (Wildman–Crippen LogP) is 3.22. The topological polar surface area (TPSA) is 15.3 Å². The highest BCUT2D eigenvalue weighted by Crippen LogP contribution is 2.27. The summed E-state index contributed by atoms with van der Waals surface area (Å²) >= 11 is 0. The summed E-state index contributed by atoms with van der Waals surface area (Å²) in [5.41, 5.74) is 2.93. The first-order valence-corrected chi connectivity index (χ1v) is 7.96. The first-order valence-electron chi connectivity index (χ1n) is 7.96. The molecule has 0 amide bonds. The lowest BCUT2D eigenvalue weighted by Crippen LogP contribution is -2.43. The van der Waals surface area contributed by atoms with Crippen molar-refractivity contribution in [3.8, 4) is 0 Å². The molecule has 0 bridgehead atoms. The second-order valence-corrected chi connectivity index (χ2v) is 6.11. The van der Waals surface area contributed by atoms with Crippen molar-refractivity contribution in [3.63, 3.8) is 0 Å². The minimum Gasteiger partial charge on any atom is -0.369 e. The van der Waals surface area contributed by atoms with Gasteiger partial charge in [-0.1, -0.05) is 44.2 Å². The summed E-state index contributed by atoms with van der Waals surface area (Å²) in [5.74, 6) is 0.943. The van der Waals surface area contributed by atoms with Gasteiger partial charge in [-0.25, -0.2) is 0 Å². The molecule has 0 unspecified atom stereocenters. The molecule has 0 atom stereocenters. The van der Waals surface area contributed by atoms with Crippen molar-refractivity contribution in [2.45, 2.75) is 38.5 Å². The van der Waals surface area contributed by atoms with Crippen LogP contribution in [-0.4, -0.2) is 26.2 Å². The number of nitrogens with zero attached hydrogens (tertiary/aromatic N) is 1. The highest BCUT2D eigenvalue weighted by molar-refractivity contribution is 5.48. The summed E-state index contributed by atoms with van der Waals surface area (Å²) in [4.78, 5) is 2.49. The lowest BCUT2D eigenvalue weighted by molar-refractivity contribution is 0.356. The van der Waals surface area contributed by atoms with Crippen LogP contribution in [0.4, 0.5) is 5.69 Å². The van der Waals surface area contributed by atoms with Crippen LogP contribution in [0.2, 0.25) is 0 Å². The van der Waals surface area contributed by atoms with Crippen LogP contribution in [0.25, 0.3) is 0 Å². The lowest BCUT2D eigenvalue weighted by Gasteiger charge is -2.29. The van der Waals surface area contributed by atoms with Crippen molar-refractivity contribution < 1.29 is 0 Å². The van der Waals surface area contributed by atoms with Gasteiger partial charge in [0.2, 0.25) is 0 Å². The monoisotopic (exact) mass is 258 g/mol. The summed E-state index contributed by atoms with van der Waals surface area (Å²) in [6, 6.07) is 9.35. The summed E-state index contributed by atoms with van der Waals surface area (Å²) < 4.78 is 0. The molecule has 1 aliphatic carbocycles. The zero-order valence-electron chi connectivity index (χ0n) is 11.9. The summed E-state index contributed by atoms with van der Waals surface area (Å²) in [6.45, 7) is 4.51. The Kier molecular flexibility index (Phi) is 4.39. The van der Waals surface area contributed by atoms with Gasteiger partial charge in [0.05, 0.1) is 0 Å². The maximum absolute atomic E-state index is 3.41. The van der Waals surface area contributed by atoms with E-state index in [1.54, 1.807) is 0 Å². The smallest absolute Gasteiger partial charge is 0.0367 e. The van der Waals surface area contributed by atoms with Gasteiger partial charge in [-0.3, -0.25) is 0 Å². The molecule has 1 aromatic rings. The van der Waals surface area contributed by atoms with Crippen molar-refractivity contribution in [1.29, 1.82) is 0 Å². The predicted molar refractivity (Wildman–Crippen MR) is 81.8 cm³/mol. The molecule has 0 radical (unpaired) electrons. The molecule has 104 valence electrons. The molecule has 1 saturated heterocycles. The highest BCUT2D eigenvalue weighted by atomic mass is 15.2. The van der Waals surface area contributed by atoms with Gasteiger partial charge >= 0.3 is 0 Å². The quantitative estimate of drug-likeness (QED) is 0.895. The Labute approximate surface area is 117 Å². The standard InChI is InChI=1S/C17H26N2/c1-2-4-15(5-3-1)14-16-6-8-17(9-7-16)19-12-10-18-11-13-19/h6-9,15,18H,1-5,10-14H2. The van der Waals surface area contributed by atoms with Gasteiger partial charge < -0.3 is 10.2 Å². The third kappa shape index (κ3) is 3.50. The van der Waals surface area contributed by atoms with Crippen molar-refractivity contribution in [3.05, 3.63) is 29.8 Å². The average molecular weight is 258 g/mol. The number of benzene rings is 1. The fraction of sp³-hybridized carbons (Fsp3) is 0.647. The Morgan fingerprint density at radius 2 is 1.63 bits per heavy atom. The van der Waals surface area contributed by atoms with Crippen molar-refractivity contribution in [2.75, 3.05) is 31.1 Å². The van der Waals surface area contributed by atoms with Crippen LogP contribution in [0.5, 0.6) is 0 Å². The minimum atomic E-state index is 0.943. The number of rotatable bonds is 3. The normalized spacial score (nSPS) is 21.6. The van der Waals surface area contributed by atoms with E-state index in [4.69, 9.17) is 0 Å². The molecule has 19 heavy (non-hydrogen) atoms. The van der Waals surface area contributed by atoms with Crippen LogP contribution in [0, 0.1) is 5.92 Å². The number of hydrogen-bond donors (Lipinski definition) is 1. The molecule has 2 nitrogen and oxygen atoms in total. The van der Waals surface area contributed by atoms with E-state index in [0.29, 0.717) is 0 Å². The molecular formula is C17H26N2. The number of nitrogens with one attached hydrogen (secondary N) is 1. The second-order valence-electron chi connectivity index (χ2n) is 6.11. The SMILES string of the molecule is c1cc(N2CCNCC2)ccc1CC1CCCCC1. The minimum absolute atomic E-state index is 0.943. The first-order chi connectivity index (χ1) is 9.42. The zero-order valence-corrected chi connectivity index (χ0v) is 11.9. The van der Waals surface area contributed by atoms with Gasteiger partial charge in [-0.05, 0) is 30.0 Å². The largest absolute Gasteiger partial charge is 0.369 e. The van der Waals surface area contributed by atoms with Crippen LogP contribution < -0.4 is 10.2 Å². The Morgan fingerprint density at radius 3 is 2.32 bits per heavy atom.